The lowest BCUT2D eigenvalue weighted by Gasteiger charge is -2.30. The molecule has 1 aromatic rings. The molecule has 2 fully saturated rings. The minimum Gasteiger partial charge on any atom is -0.335 e. The summed E-state index contributed by atoms with van der Waals surface area (Å²) in [6.07, 6.45) is 2.74. The lowest BCUT2D eigenvalue weighted by molar-refractivity contribution is -0.884. The van der Waals surface area contributed by atoms with Gasteiger partial charge in [0.1, 0.15) is 4.90 Å². The summed E-state index contributed by atoms with van der Waals surface area (Å²) < 4.78 is 27.3. The summed E-state index contributed by atoms with van der Waals surface area (Å²) in [5.41, 5.74) is 3.17. The molecule has 2 aliphatic heterocycles. The van der Waals surface area contributed by atoms with E-state index in [1.54, 1.807) is 6.07 Å². The molecule has 144 valence electrons. The first-order chi connectivity index (χ1) is 12.4. The zero-order valence-electron chi connectivity index (χ0n) is 15.0. The Kier molecular flexibility index (Phi) is 6.19. The maximum atomic E-state index is 12.9. The van der Waals surface area contributed by atoms with Crippen molar-refractivity contribution in [1.29, 1.82) is 0 Å². The van der Waals surface area contributed by atoms with Gasteiger partial charge in [0.25, 0.3) is 5.91 Å². The molecule has 2 heterocycles. The number of hydrogen-bond donors (Lipinski definition) is 2. The van der Waals surface area contributed by atoms with Gasteiger partial charge in [0.2, 0.25) is 10.0 Å². The second-order valence-electron chi connectivity index (χ2n) is 7.00. The van der Waals surface area contributed by atoms with Crippen molar-refractivity contribution >= 4 is 27.5 Å². The number of carbonyl (C=O) groups excluding carboxylic acids is 1. The molecule has 0 radical (unpaired) electrons. The molecule has 0 aliphatic carbocycles. The number of benzene rings is 1. The van der Waals surface area contributed by atoms with E-state index in [0.29, 0.717) is 18.7 Å². The number of rotatable bonds is 4. The predicted octanol–water partition coefficient (Wildman–Crippen LogP) is -0.0103. The van der Waals surface area contributed by atoms with Crippen molar-refractivity contribution in [2.45, 2.75) is 24.2 Å². The summed E-state index contributed by atoms with van der Waals surface area (Å²) in [5, 5.41) is 2.03. The largest absolute Gasteiger partial charge is 0.335 e. The number of sulfonamides is 1. The van der Waals surface area contributed by atoms with Gasteiger partial charge in [0.15, 0.2) is 0 Å². The normalized spacial score (nSPS) is 20.8. The van der Waals surface area contributed by atoms with Gasteiger partial charge in [0.05, 0.1) is 38.2 Å². The van der Waals surface area contributed by atoms with Crippen LogP contribution in [-0.2, 0) is 10.0 Å². The molecular weight excluding hydrogens is 376 g/mol. The molecule has 9 heteroatoms. The zero-order valence-corrected chi connectivity index (χ0v) is 16.6. The molecule has 0 atom stereocenters. The number of carbonyl (C=O) groups is 1. The summed E-state index contributed by atoms with van der Waals surface area (Å²) in [7, 11) is -1.56. The van der Waals surface area contributed by atoms with Gasteiger partial charge < -0.3 is 4.90 Å². The number of piperazine rings is 1. The molecule has 7 nitrogen and oxygen atoms in total. The summed E-state index contributed by atoms with van der Waals surface area (Å²) in [4.78, 5) is 14.0. The van der Waals surface area contributed by atoms with E-state index in [9.17, 15) is 13.2 Å². The summed E-state index contributed by atoms with van der Waals surface area (Å²) in [6.45, 7) is 4.44. The van der Waals surface area contributed by atoms with Crippen LogP contribution in [0.25, 0.3) is 0 Å². The van der Waals surface area contributed by atoms with Gasteiger partial charge in [-0.3, -0.25) is 10.2 Å². The van der Waals surface area contributed by atoms with E-state index in [-0.39, 0.29) is 15.8 Å². The molecule has 2 saturated heterocycles. The topological polar surface area (TPSA) is 74.2 Å². The SMILES string of the molecule is C[NH+]1CCN(NC(=O)c2ccc(Cl)c(S(=O)(=O)N3CCCCC3)c2)CC1. The number of likely N-dealkylation sites (N-methyl/N-ethyl adjacent to an activating group) is 1. The molecule has 0 bridgehead atoms. The average Bonchev–Trinajstić information content (AvgIpc) is 2.64. The van der Waals surface area contributed by atoms with Gasteiger partial charge in [-0.15, -0.1) is 0 Å². The number of nitrogens with one attached hydrogen (secondary N) is 2. The van der Waals surface area contributed by atoms with E-state index < -0.39 is 10.0 Å². The summed E-state index contributed by atoms with van der Waals surface area (Å²) in [6, 6.07) is 4.44. The van der Waals surface area contributed by atoms with Gasteiger partial charge in [-0.2, -0.15) is 4.31 Å². The average molecular weight is 402 g/mol. The first-order valence-corrected chi connectivity index (χ1v) is 10.9. The number of quaternary nitrogens is 1. The van der Waals surface area contributed by atoms with Crippen LogP contribution in [0.4, 0.5) is 0 Å². The fourth-order valence-electron chi connectivity index (χ4n) is 3.30. The maximum Gasteiger partial charge on any atom is 0.265 e. The monoisotopic (exact) mass is 401 g/mol. The third kappa shape index (κ3) is 4.37. The van der Waals surface area contributed by atoms with Crippen molar-refractivity contribution < 1.29 is 18.1 Å². The van der Waals surface area contributed by atoms with Crippen LogP contribution < -0.4 is 10.3 Å². The van der Waals surface area contributed by atoms with Gasteiger partial charge in [-0.25, -0.2) is 13.4 Å². The first kappa shape index (κ1) is 19.6. The quantitative estimate of drug-likeness (QED) is 0.744. The Balaban J connectivity index is 1.77. The van der Waals surface area contributed by atoms with Gasteiger partial charge in [0, 0.05) is 18.7 Å². The van der Waals surface area contributed by atoms with Crippen LogP contribution in [-0.4, -0.2) is 70.0 Å². The van der Waals surface area contributed by atoms with Crippen LogP contribution in [0.5, 0.6) is 0 Å². The van der Waals surface area contributed by atoms with E-state index in [2.05, 4.69) is 12.5 Å². The number of piperidine rings is 1. The van der Waals surface area contributed by atoms with Crippen molar-refractivity contribution in [3.8, 4) is 0 Å². The number of hydrazine groups is 1. The zero-order chi connectivity index (χ0) is 18.7. The van der Waals surface area contributed by atoms with Gasteiger partial charge >= 0.3 is 0 Å². The van der Waals surface area contributed by atoms with Crippen molar-refractivity contribution in [3.63, 3.8) is 0 Å². The highest BCUT2D eigenvalue weighted by Gasteiger charge is 2.29. The molecular formula is C17H26ClN4O3S+. The summed E-state index contributed by atoms with van der Waals surface area (Å²) in [5.74, 6) is -0.309. The molecule has 0 saturated carbocycles. The molecule has 0 spiro atoms. The van der Waals surface area contributed by atoms with Crippen molar-refractivity contribution in [2.75, 3.05) is 46.3 Å². The molecule has 1 aromatic carbocycles. The van der Waals surface area contributed by atoms with Gasteiger partial charge in [-0.05, 0) is 31.0 Å². The molecule has 1 amide bonds. The Hall–Kier alpha value is -1.19. The highest BCUT2D eigenvalue weighted by Crippen LogP contribution is 2.27. The third-order valence-corrected chi connectivity index (χ3v) is 7.38. The van der Waals surface area contributed by atoms with Crippen LogP contribution in [0.1, 0.15) is 29.6 Å². The van der Waals surface area contributed by atoms with E-state index >= 15 is 0 Å². The van der Waals surface area contributed by atoms with Crippen LogP contribution in [0.15, 0.2) is 23.1 Å². The Morgan fingerprint density at radius 3 is 2.42 bits per heavy atom. The number of nitrogens with zero attached hydrogens (tertiary/aromatic N) is 2. The fourth-order valence-corrected chi connectivity index (χ4v) is 5.31. The van der Waals surface area contributed by atoms with Crippen molar-refractivity contribution in [1.82, 2.24) is 14.7 Å². The Morgan fingerprint density at radius 2 is 1.77 bits per heavy atom. The van der Waals surface area contributed by atoms with E-state index in [1.807, 2.05) is 5.01 Å². The summed E-state index contributed by atoms with van der Waals surface area (Å²) >= 11 is 6.16. The smallest absolute Gasteiger partial charge is 0.265 e. The minimum atomic E-state index is -3.68. The van der Waals surface area contributed by atoms with Gasteiger partial charge in [-0.1, -0.05) is 18.0 Å². The molecule has 0 unspecified atom stereocenters. The number of hydrogen-bond acceptors (Lipinski definition) is 4. The molecule has 2 N–H and O–H groups in total. The third-order valence-electron chi connectivity index (χ3n) is 5.00. The van der Waals surface area contributed by atoms with Crippen molar-refractivity contribution in [3.05, 3.63) is 28.8 Å². The maximum absolute atomic E-state index is 12.9. The van der Waals surface area contributed by atoms with Crippen molar-refractivity contribution in [2.24, 2.45) is 0 Å². The molecule has 26 heavy (non-hydrogen) atoms. The highest BCUT2D eigenvalue weighted by molar-refractivity contribution is 7.89. The number of amides is 1. The Bertz CT molecular complexity index is 757. The molecule has 2 aliphatic rings. The molecule has 0 aromatic heterocycles. The van der Waals surface area contributed by atoms with E-state index in [4.69, 9.17) is 11.6 Å². The van der Waals surface area contributed by atoms with Crippen LogP contribution in [0.2, 0.25) is 5.02 Å². The Labute approximate surface area is 159 Å². The van der Waals surface area contributed by atoms with E-state index in [1.165, 1.54) is 21.3 Å². The lowest BCUT2D eigenvalue weighted by atomic mass is 10.2. The Morgan fingerprint density at radius 1 is 1.12 bits per heavy atom. The van der Waals surface area contributed by atoms with E-state index in [0.717, 1.165) is 45.4 Å². The standard InChI is InChI=1S/C17H25ClN4O3S/c1-20-9-11-21(12-10-20)19-17(23)14-5-6-15(18)16(13-14)26(24,25)22-7-3-2-4-8-22/h5-6,13H,2-4,7-12H2,1H3,(H,19,23)/p+1. The van der Waals surface area contributed by atoms with Crippen LogP contribution in [0, 0.1) is 0 Å². The fraction of sp³-hybridized carbons (Fsp3) is 0.588. The first-order valence-electron chi connectivity index (χ1n) is 9.05. The van der Waals surface area contributed by atoms with Crippen LogP contribution >= 0.6 is 11.6 Å². The second-order valence-corrected chi connectivity index (χ2v) is 9.31. The second kappa shape index (κ2) is 8.22. The number of halogens is 1. The highest BCUT2D eigenvalue weighted by atomic mass is 35.5. The predicted molar refractivity (Wildman–Crippen MR) is 99.7 cm³/mol. The lowest BCUT2D eigenvalue weighted by Crippen LogP contribution is -3.12. The van der Waals surface area contributed by atoms with Crippen LogP contribution in [0.3, 0.4) is 0 Å². The minimum absolute atomic E-state index is 0.0107. The molecule has 3 rings (SSSR count).